The lowest BCUT2D eigenvalue weighted by Crippen LogP contribution is -2.32. The van der Waals surface area contributed by atoms with Gasteiger partial charge in [0.05, 0.1) is 0 Å². The maximum Gasteiger partial charge on any atom is 0.344 e. The number of rotatable bonds is 6. The van der Waals surface area contributed by atoms with Gasteiger partial charge >= 0.3 is 5.97 Å². The van der Waals surface area contributed by atoms with E-state index in [1.807, 2.05) is 39.8 Å². The van der Waals surface area contributed by atoms with Gasteiger partial charge in [-0.25, -0.2) is 4.79 Å². The Morgan fingerprint density at radius 1 is 1.04 bits per heavy atom. The third-order valence-corrected chi connectivity index (χ3v) is 4.51. The molecule has 6 heteroatoms. The predicted octanol–water partition coefficient (Wildman–Crippen LogP) is 4.52. The highest BCUT2D eigenvalue weighted by Crippen LogP contribution is 2.23. The summed E-state index contributed by atoms with van der Waals surface area (Å²) in [5, 5.41) is 3.45. The zero-order valence-electron chi connectivity index (χ0n) is 16.2. The SMILES string of the molecule is Cc1cc(C)c(NC(=O)[C@H](C)OC(=O)COc2ccc(Cl)c(C)c2)c(C)c1. The molecular weight excluding hydrogens is 366 g/mol. The molecule has 2 rings (SSSR count). The van der Waals surface area contributed by atoms with E-state index < -0.39 is 12.1 Å². The molecule has 0 fully saturated rings. The van der Waals surface area contributed by atoms with E-state index in [-0.39, 0.29) is 12.5 Å². The van der Waals surface area contributed by atoms with Crippen LogP contribution >= 0.6 is 11.6 Å². The van der Waals surface area contributed by atoms with Crippen molar-refractivity contribution in [3.63, 3.8) is 0 Å². The molecule has 0 bridgehead atoms. The Bertz CT molecular complexity index is 840. The number of anilines is 1. The number of halogens is 1. The molecule has 1 N–H and O–H groups in total. The number of benzene rings is 2. The van der Waals surface area contributed by atoms with Crippen LogP contribution in [0.15, 0.2) is 30.3 Å². The molecule has 0 unspecified atom stereocenters. The molecular formula is C21H24ClNO4. The van der Waals surface area contributed by atoms with Crippen molar-refractivity contribution in [2.45, 2.75) is 40.7 Å². The number of hydrogen-bond donors (Lipinski definition) is 1. The molecule has 0 radical (unpaired) electrons. The Balaban J connectivity index is 1.90. The van der Waals surface area contributed by atoms with Crippen LogP contribution in [0.3, 0.4) is 0 Å². The van der Waals surface area contributed by atoms with Crippen molar-refractivity contribution in [3.8, 4) is 5.75 Å². The van der Waals surface area contributed by atoms with E-state index in [4.69, 9.17) is 21.1 Å². The van der Waals surface area contributed by atoms with Crippen molar-refractivity contribution in [3.05, 3.63) is 57.6 Å². The van der Waals surface area contributed by atoms with E-state index in [0.29, 0.717) is 10.8 Å². The van der Waals surface area contributed by atoms with Crippen LogP contribution in [0.5, 0.6) is 5.75 Å². The molecule has 0 aliphatic rings. The highest BCUT2D eigenvalue weighted by atomic mass is 35.5. The average Bonchev–Trinajstić information content (AvgIpc) is 2.58. The summed E-state index contributed by atoms with van der Waals surface area (Å²) in [6, 6.07) is 9.07. The van der Waals surface area contributed by atoms with Gasteiger partial charge in [0.1, 0.15) is 5.75 Å². The van der Waals surface area contributed by atoms with Crippen molar-refractivity contribution in [2.75, 3.05) is 11.9 Å². The van der Waals surface area contributed by atoms with E-state index in [2.05, 4.69) is 5.32 Å². The lowest BCUT2D eigenvalue weighted by Gasteiger charge is -2.17. The normalized spacial score (nSPS) is 11.6. The van der Waals surface area contributed by atoms with Crippen molar-refractivity contribution in [2.24, 2.45) is 0 Å². The molecule has 0 aliphatic heterocycles. The maximum absolute atomic E-state index is 12.3. The summed E-state index contributed by atoms with van der Waals surface area (Å²) in [5.41, 5.74) is 4.62. The summed E-state index contributed by atoms with van der Waals surface area (Å²) < 4.78 is 10.6. The van der Waals surface area contributed by atoms with Gasteiger partial charge in [-0.2, -0.15) is 0 Å². The molecule has 27 heavy (non-hydrogen) atoms. The molecule has 0 aliphatic carbocycles. The van der Waals surface area contributed by atoms with Crippen LogP contribution in [-0.4, -0.2) is 24.6 Å². The van der Waals surface area contributed by atoms with E-state index >= 15 is 0 Å². The van der Waals surface area contributed by atoms with Gasteiger partial charge in [0.25, 0.3) is 5.91 Å². The van der Waals surface area contributed by atoms with Crippen molar-refractivity contribution >= 4 is 29.2 Å². The number of aryl methyl sites for hydroxylation is 4. The summed E-state index contributed by atoms with van der Waals surface area (Å²) in [5.74, 6) is -0.500. The quantitative estimate of drug-likeness (QED) is 0.737. The van der Waals surface area contributed by atoms with Gasteiger partial charge in [-0.05, 0) is 69.5 Å². The van der Waals surface area contributed by atoms with E-state index in [0.717, 1.165) is 27.9 Å². The van der Waals surface area contributed by atoms with Crippen LogP contribution in [-0.2, 0) is 14.3 Å². The first-order valence-electron chi connectivity index (χ1n) is 8.64. The summed E-state index contributed by atoms with van der Waals surface area (Å²) in [6.07, 6.45) is -0.937. The number of carbonyl (C=O) groups excluding carboxylic acids is 2. The monoisotopic (exact) mass is 389 g/mol. The molecule has 5 nitrogen and oxygen atoms in total. The molecule has 1 atom stereocenters. The summed E-state index contributed by atoms with van der Waals surface area (Å²) >= 11 is 5.95. The second-order valence-electron chi connectivity index (χ2n) is 6.59. The summed E-state index contributed by atoms with van der Waals surface area (Å²) in [4.78, 5) is 24.3. The Labute approximate surface area is 164 Å². The topological polar surface area (TPSA) is 64.6 Å². The molecule has 1 amide bonds. The second-order valence-corrected chi connectivity index (χ2v) is 7.00. The van der Waals surface area contributed by atoms with Gasteiger partial charge in [0.2, 0.25) is 0 Å². The summed E-state index contributed by atoms with van der Waals surface area (Å²) in [7, 11) is 0. The number of carbonyl (C=O) groups is 2. The fourth-order valence-electron chi connectivity index (χ4n) is 2.74. The van der Waals surface area contributed by atoms with Crippen molar-refractivity contribution in [1.82, 2.24) is 0 Å². The van der Waals surface area contributed by atoms with E-state index in [9.17, 15) is 9.59 Å². The fraction of sp³-hybridized carbons (Fsp3) is 0.333. The molecule has 0 spiro atoms. The van der Waals surface area contributed by atoms with Gasteiger partial charge in [-0.15, -0.1) is 0 Å². The molecule has 0 aromatic heterocycles. The Kier molecular flexibility index (Phi) is 6.86. The lowest BCUT2D eigenvalue weighted by atomic mass is 10.0. The smallest absolute Gasteiger partial charge is 0.344 e. The first-order chi connectivity index (χ1) is 12.7. The van der Waals surface area contributed by atoms with E-state index in [1.165, 1.54) is 6.92 Å². The third-order valence-electron chi connectivity index (χ3n) is 4.09. The highest BCUT2D eigenvalue weighted by Gasteiger charge is 2.19. The van der Waals surface area contributed by atoms with Crippen LogP contribution in [0.25, 0.3) is 0 Å². The standard InChI is InChI=1S/C21H24ClNO4/c1-12-8-14(3)20(15(4)9-12)23-21(25)16(5)27-19(24)11-26-17-6-7-18(22)13(2)10-17/h6-10,16H,11H2,1-5H3,(H,23,25)/t16-/m0/s1. The predicted molar refractivity (Wildman–Crippen MR) is 107 cm³/mol. The van der Waals surface area contributed by atoms with Gasteiger partial charge in [-0.1, -0.05) is 29.3 Å². The van der Waals surface area contributed by atoms with Gasteiger partial charge in [0.15, 0.2) is 12.7 Å². The maximum atomic E-state index is 12.3. The van der Waals surface area contributed by atoms with Crippen LogP contribution in [0, 0.1) is 27.7 Å². The average molecular weight is 390 g/mol. The Morgan fingerprint density at radius 2 is 1.67 bits per heavy atom. The van der Waals surface area contributed by atoms with Gasteiger partial charge < -0.3 is 14.8 Å². The number of nitrogens with one attached hydrogen (secondary N) is 1. The van der Waals surface area contributed by atoms with Crippen LogP contribution in [0.2, 0.25) is 5.02 Å². The second kappa shape index (κ2) is 8.91. The molecule has 144 valence electrons. The van der Waals surface area contributed by atoms with E-state index in [1.54, 1.807) is 18.2 Å². The number of amides is 1. The van der Waals surface area contributed by atoms with Crippen molar-refractivity contribution < 1.29 is 19.1 Å². The largest absolute Gasteiger partial charge is 0.482 e. The van der Waals surface area contributed by atoms with Gasteiger partial charge in [0, 0.05) is 10.7 Å². The van der Waals surface area contributed by atoms with Crippen LogP contribution in [0.4, 0.5) is 5.69 Å². The first kappa shape index (κ1) is 20.8. The lowest BCUT2D eigenvalue weighted by molar-refractivity contribution is -0.155. The van der Waals surface area contributed by atoms with Crippen LogP contribution in [0.1, 0.15) is 29.2 Å². The minimum Gasteiger partial charge on any atom is -0.482 e. The van der Waals surface area contributed by atoms with Crippen LogP contribution < -0.4 is 10.1 Å². The number of hydrogen-bond acceptors (Lipinski definition) is 4. The number of esters is 1. The summed E-state index contributed by atoms with van der Waals surface area (Å²) in [6.45, 7) is 8.93. The zero-order valence-corrected chi connectivity index (χ0v) is 16.9. The van der Waals surface area contributed by atoms with Crippen molar-refractivity contribution in [1.29, 1.82) is 0 Å². The molecule has 2 aromatic carbocycles. The van der Waals surface area contributed by atoms with Gasteiger partial charge in [-0.3, -0.25) is 4.79 Å². The molecule has 2 aromatic rings. The Morgan fingerprint density at radius 3 is 2.26 bits per heavy atom. The minimum atomic E-state index is -0.937. The molecule has 0 heterocycles. The zero-order chi connectivity index (χ0) is 20.1. The Hall–Kier alpha value is -2.53. The number of ether oxygens (including phenoxy) is 2. The highest BCUT2D eigenvalue weighted by molar-refractivity contribution is 6.31. The fourth-order valence-corrected chi connectivity index (χ4v) is 2.85. The molecule has 0 saturated carbocycles. The third kappa shape index (κ3) is 5.73. The first-order valence-corrected chi connectivity index (χ1v) is 9.02. The minimum absolute atomic E-state index is 0.290. The molecule has 0 saturated heterocycles.